The van der Waals surface area contributed by atoms with Crippen molar-refractivity contribution in [2.24, 2.45) is 7.05 Å². The van der Waals surface area contributed by atoms with Crippen LogP contribution < -0.4 is 5.32 Å². The molecule has 0 spiro atoms. The quantitative estimate of drug-likeness (QED) is 0.919. The van der Waals surface area contributed by atoms with Gasteiger partial charge in [-0.05, 0) is 36.6 Å². The Labute approximate surface area is 131 Å². The Morgan fingerprint density at radius 1 is 1.36 bits per heavy atom. The summed E-state index contributed by atoms with van der Waals surface area (Å²) in [6.07, 6.45) is 3.67. The van der Waals surface area contributed by atoms with Crippen LogP contribution in [-0.2, 0) is 13.5 Å². The molecule has 1 N–H and O–H groups in total. The van der Waals surface area contributed by atoms with Gasteiger partial charge in [-0.2, -0.15) is 0 Å². The zero-order valence-electron chi connectivity index (χ0n) is 12.0. The van der Waals surface area contributed by atoms with E-state index in [-0.39, 0.29) is 16.7 Å². The highest BCUT2D eigenvalue weighted by Gasteiger charge is 2.26. The average Bonchev–Trinajstić information content (AvgIpc) is 2.81. The molecule has 3 rings (SSSR count). The van der Waals surface area contributed by atoms with Gasteiger partial charge >= 0.3 is 0 Å². The van der Waals surface area contributed by atoms with Gasteiger partial charge in [-0.15, -0.1) is 0 Å². The zero-order chi connectivity index (χ0) is 15.9. The van der Waals surface area contributed by atoms with Crippen LogP contribution in [0.15, 0.2) is 24.4 Å². The minimum Gasteiger partial charge on any atom is -0.346 e. The highest BCUT2D eigenvalue weighted by Crippen LogP contribution is 2.27. The smallest absolute Gasteiger partial charge is 0.272 e. The number of carbonyl (C=O) groups excluding carboxylic acids is 2. The van der Waals surface area contributed by atoms with E-state index in [9.17, 15) is 14.0 Å². The molecule has 0 radical (unpaired) electrons. The number of amides is 1. The number of hydrogen-bond donors (Lipinski definition) is 1. The number of ketones is 1. The van der Waals surface area contributed by atoms with Crippen LogP contribution >= 0.6 is 11.6 Å². The van der Waals surface area contributed by atoms with Crippen LogP contribution in [-0.4, -0.2) is 16.3 Å². The maximum atomic E-state index is 13.2. The van der Waals surface area contributed by atoms with Crippen molar-refractivity contribution in [3.05, 3.63) is 52.1 Å². The van der Waals surface area contributed by atoms with Gasteiger partial charge in [0.1, 0.15) is 11.5 Å². The van der Waals surface area contributed by atoms with E-state index in [1.807, 2.05) is 0 Å². The lowest BCUT2D eigenvalue weighted by molar-refractivity contribution is 0.0973. The predicted octanol–water partition coefficient (Wildman–Crippen LogP) is 3.59. The molecule has 0 bridgehead atoms. The second kappa shape index (κ2) is 5.57. The number of aryl methyl sites for hydroxylation is 1. The van der Waals surface area contributed by atoms with Crippen LogP contribution in [0.2, 0.25) is 5.02 Å². The molecule has 4 nitrogen and oxygen atoms in total. The molecule has 1 amide bonds. The third kappa shape index (κ3) is 2.52. The molecular formula is C16H14ClFN2O2. The molecule has 114 valence electrons. The Bertz CT molecular complexity index is 783. The first-order valence-electron chi connectivity index (χ1n) is 6.95. The number of Topliss-reactive ketones (excluding diaryl/α,β-unsaturated/α-hetero) is 1. The van der Waals surface area contributed by atoms with Gasteiger partial charge in [0.25, 0.3) is 5.91 Å². The Kier molecular flexibility index (Phi) is 3.74. The molecule has 0 unspecified atom stereocenters. The van der Waals surface area contributed by atoms with E-state index in [2.05, 4.69) is 5.32 Å². The molecule has 0 aliphatic heterocycles. The molecule has 6 heteroatoms. The van der Waals surface area contributed by atoms with E-state index in [1.54, 1.807) is 17.8 Å². The summed E-state index contributed by atoms with van der Waals surface area (Å²) in [5.41, 5.74) is 2.28. The molecule has 0 atom stereocenters. The zero-order valence-corrected chi connectivity index (χ0v) is 12.7. The summed E-state index contributed by atoms with van der Waals surface area (Å²) in [5, 5.41) is 2.64. The van der Waals surface area contributed by atoms with Gasteiger partial charge < -0.3 is 9.88 Å². The fourth-order valence-electron chi connectivity index (χ4n) is 2.79. The van der Waals surface area contributed by atoms with Gasteiger partial charge in [-0.3, -0.25) is 9.59 Å². The lowest BCUT2D eigenvalue weighted by Crippen LogP contribution is -2.19. The van der Waals surface area contributed by atoms with E-state index >= 15 is 0 Å². The highest BCUT2D eigenvalue weighted by atomic mass is 35.5. The van der Waals surface area contributed by atoms with Gasteiger partial charge in [0.15, 0.2) is 5.78 Å². The first-order chi connectivity index (χ1) is 10.5. The topological polar surface area (TPSA) is 51.1 Å². The lowest BCUT2D eigenvalue weighted by atomic mass is 9.92. The molecule has 1 aliphatic rings. The van der Waals surface area contributed by atoms with Crippen LogP contribution in [0.3, 0.4) is 0 Å². The van der Waals surface area contributed by atoms with Crippen LogP contribution in [0.5, 0.6) is 0 Å². The van der Waals surface area contributed by atoms with E-state index in [0.29, 0.717) is 29.8 Å². The van der Waals surface area contributed by atoms with Crippen molar-refractivity contribution in [3.63, 3.8) is 0 Å². The Morgan fingerprint density at radius 3 is 2.86 bits per heavy atom. The van der Waals surface area contributed by atoms with Crippen molar-refractivity contribution in [2.75, 3.05) is 5.32 Å². The van der Waals surface area contributed by atoms with Gasteiger partial charge in [-0.25, -0.2) is 4.39 Å². The summed E-state index contributed by atoms with van der Waals surface area (Å²) in [7, 11) is 1.73. The van der Waals surface area contributed by atoms with Gasteiger partial charge in [-0.1, -0.05) is 11.6 Å². The Morgan fingerprint density at radius 2 is 2.14 bits per heavy atom. The van der Waals surface area contributed by atoms with Crippen molar-refractivity contribution in [1.82, 2.24) is 4.57 Å². The summed E-state index contributed by atoms with van der Waals surface area (Å²) in [4.78, 5) is 24.4. The Hall–Kier alpha value is -2.14. The number of benzene rings is 1. The summed E-state index contributed by atoms with van der Waals surface area (Å²) in [6.45, 7) is 0. The molecule has 1 aromatic heterocycles. The number of hydrogen-bond acceptors (Lipinski definition) is 2. The van der Waals surface area contributed by atoms with Crippen molar-refractivity contribution in [2.45, 2.75) is 19.3 Å². The first kappa shape index (κ1) is 14.8. The molecule has 1 aliphatic carbocycles. The number of fused-ring (bicyclic) bond motifs is 1. The van der Waals surface area contributed by atoms with E-state index in [4.69, 9.17) is 11.6 Å². The molecule has 2 aromatic rings. The summed E-state index contributed by atoms with van der Waals surface area (Å²) >= 11 is 5.71. The first-order valence-corrected chi connectivity index (χ1v) is 7.33. The van der Waals surface area contributed by atoms with E-state index in [0.717, 1.165) is 12.0 Å². The molecule has 22 heavy (non-hydrogen) atoms. The lowest BCUT2D eigenvalue weighted by Gasteiger charge is -2.13. The summed E-state index contributed by atoms with van der Waals surface area (Å²) in [5.74, 6) is -0.802. The fraction of sp³-hybridized carbons (Fsp3) is 0.250. The number of rotatable bonds is 2. The van der Waals surface area contributed by atoms with Crippen LogP contribution in [0, 0.1) is 5.82 Å². The number of aromatic nitrogens is 1. The van der Waals surface area contributed by atoms with E-state index < -0.39 is 5.82 Å². The second-order valence-corrected chi connectivity index (χ2v) is 5.75. The molecule has 0 saturated carbocycles. The third-order valence-corrected chi connectivity index (χ3v) is 4.10. The minimum atomic E-state index is -0.540. The predicted molar refractivity (Wildman–Crippen MR) is 82.0 cm³/mol. The van der Waals surface area contributed by atoms with Gasteiger partial charge in [0.05, 0.1) is 5.02 Å². The monoisotopic (exact) mass is 320 g/mol. The SMILES string of the molecule is Cn1cc2c(c1C(=O)Nc1ccc(F)c(Cl)c1)CCCC2=O. The number of nitrogens with one attached hydrogen (secondary N) is 1. The van der Waals surface area contributed by atoms with Crippen LogP contribution in [0.4, 0.5) is 10.1 Å². The molecule has 0 fully saturated rings. The molecule has 0 saturated heterocycles. The standard InChI is InChI=1S/C16H14ClFN2O2/c1-20-8-11-10(3-2-4-14(11)21)15(20)16(22)19-9-5-6-13(18)12(17)7-9/h5-8H,2-4H2,1H3,(H,19,22). The maximum Gasteiger partial charge on any atom is 0.272 e. The fourth-order valence-corrected chi connectivity index (χ4v) is 2.97. The van der Waals surface area contributed by atoms with Crippen LogP contribution in [0.1, 0.15) is 39.3 Å². The maximum absolute atomic E-state index is 13.2. The van der Waals surface area contributed by atoms with Crippen molar-refractivity contribution >= 4 is 29.0 Å². The normalized spacial score (nSPS) is 13.9. The van der Waals surface area contributed by atoms with Crippen molar-refractivity contribution in [3.8, 4) is 0 Å². The van der Waals surface area contributed by atoms with Crippen molar-refractivity contribution < 1.29 is 14.0 Å². The van der Waals surface area contributed by atoms with E-state index in [1.165, 1.54) is 18.2 Å². The van der Waals surface area contributed by atoms with Gasteiger partial charge in [0.2, 0.25) is 0 Å². The number of anilines is 1. The molecular weight excluding hydrogens is 307 g/mol. The number of halogens is 2. The molecule has 1 heterocycles. The minimum absolute atomic E-state index is 0.0538. The molecule has 1 aromatic carbocycles. The largest absolute Gasteiger partial charge is 0.346 e. The Balaban J connectivity index is 1.92. The number of nitrogens with zero attached hydrogens (tertiary/aromatic N) is 1. The summed E-state index contributed by atoms with van der Waals surface area (Å²) < 4.78 is 14.8. The van der Waals surface area contributed by atoms with Crippen molar-refractivity contribution in [1.29, 1.82) is 0 Å². The number of carbonyl (C=O) groups is 2. The third-order valence-electron chi connectivity index (χ3n) is 3.81. The van der Waals surface area contributed by atoms with Gasteiger partial charge in [0, 0.05) is 30.9 Å². The second-order valence-electron chi connectivity index (χ2n) is 5.34. The average molecular weight is 321 g/mol. The summed E-state index contributed by atoms with van der Waals surface area (Å²) in [6, 6.07) is 4.00. The highest BCUT2D eigenvalue weighted by molar-refractivity contribution is 6.31. The van der Waals surface area contributed by atoms with Crippen LogP contribution in [0.25, 0.3) is 0 Å².